The Morgan fingerprint density at radius 1 is 1.08 bits per heavy atom. The van der Waals surface area contributed by atoms with Crippen LogP contribution in [0.2, 0.25) is 0 Å². The maximum Gasteiger partial charge on any atom is 0.289 e. The van der Waals surface area contributed by atoms with Crippen LogP contribution < -0.4 is 10.2 Å². The number of ether oxygens (including phenoxy) is 1. The molecule has 1 heterocycles. The average molecular weight is 319 g/mol. The van der Waals surface area contributed by atoms with Gasteiger partial charge in [-0.3, -0.25) is 9.78 Å². The number of benzene rings is 2. The molecule has 1 N–H and O–H groups in total. The van der Waals surface area contributed by atoms with E-state index in [4.69, 9.17) is 4.74 Å². The Bertz CT molecular complexity index is 905. The number of hydrogen-bond donors (Lipinski definition) is 1. The summed E-state index contributed by atoms with van der Waals surface area (Å²) >= 11 is 0. The Morgan fingerprint density at radius 2 is 1.88 bits per heavy atom. The van der Waals surface area contributed by atoms with Gasteiger partial charge in [0.1, 0.15) is 11.4 Å². The van der Waals surface area contributed by atoms with E-state index in [0.29, 0.717) is 5.69 Å². The van der Waals surface area contributed by atoms with E-state index in [2.05, 4.69) is 15.5 Å². The lowest BCUT2D eigenvalue weighted by atomic mass is 10.0. The second kappa shape index (κ2) is 6.91. The topological polar surface area (TPSA) is 63.6 Å². The zero-order valence-electron chi connectivity index (χ0n) is 13.5. The molecule has 3 aromatic rings. The molecule has 0 bridgehead atoms. The molecule has 1 amide bonds. The number of amides is 1. The number of hydrazone groups is 1. The molecule has 0 saturated carbocycles. The number of nitrogens with one attached hydrogen (secondary N) is 1. The van der Waals surface area contributed by atoms with E-state index < -0.39 is 0 Å². The van der Waals surface area contributed by atoms with E-state index in [1.54, 1.807) is 31.5 Å². The molecule has 0 unspecified atom stereocenters. The number of methoxy groups -OCH3 is 1. The molecule has 0 aliphatic carbocycles. The van der Waals surface area contributed by atoms with E-state index in [0.717, 1.165) is 27.8 Å². The third kappa shape index (κ3) is 3.41. The highest BCUT2D eigenvalue weighted by Gasteiger charge is 2.06. The van der Waals surface area contributed by atoms with Crippen molar-refractivity contribution in [3.63, 3.8) is 0 Å². The summed E-state index contributed by atoms with van der Waals surface area (Å²) < 4.78 is 5.23. The molecule has 1 aromatic heterocycles. The van der Waals surface area contributed by atoms with Crippen molar-refractivity contribution in [2.45, 2.75) is 6.92 Å². The number of rotatable bonds is 4. The predicted octanol–water partition coefficient (Wildman–Crippen LogP) is 3.40. The largest absolute Gasteiger partial charge is 0.497 e. The van der Waals surface area contributed by atoms with Crippen molar-refractivity contribution in [1.82, 2.24) is 10.4 Å². The summed E-state index contributed by atoms with van der Waals surface area (Å²) in [5.41, 5.74) is 4.52. The molecule has 3 rings (SSSR count). The quantitative estimate of drug-likeness (QED) is 0.592. The summed E-state index contributed by atoms with van der Waals surface area (Å²) in [6.45, 7) is 1.85. The van der Waals surface area contributed by atoms with Gasteiger partial charge in [0.2, 0.25) is 0 Å². The molecule has 24 heavy (non-hydrogen) atoms. The van der Waals surface area contributed by atoms with Crippen molar-refractivity contribution < 1.29 is 9.53 Å². The van der Waals surface area contributed by atoms with Crippen LogP contribution in [-0.2, 0) is 0 Å². The molecule has 0 radical (unpaired) electrons. The van der Waals surface area contributed by atoms with Crippen molar-refractivity contribution in [2.75, 3.05) is 7.11 Å². The monoisotopic (exact) mass is 319 g/mol. The molecule has 120 valence electrons. The highest BCUT2D eigenvalue weighted by Crippen LogP contribution is 2.22. The Morgan fingerprint density at radius 3 is 2.62 bits per heavy atom. The van der Waals surface area contributed by atoms with Crippen LogP contribution in [0.3, 0.4) is 0 Å². The second-order valence-corrected chi connectivity index (χ2v) is 5.28. The van der Waals surface area contributed by atoms with Crippen LogP contribution in [0.5, 0.6) is 5.75 Å². The fraction of sp³-hybridized carbons (Fsp3) is 0.105. The predicted molar refractivity (Wildman–Crippen MR) is 94.4 cm³/mol. The smallest absolute Gasteiger partial charge is 0.289 e. The van der Waals surface area contributed by atoms with E-state index >= 15 is 0 Å². The molecule has 5 heteroatoms. The highest BCUT2D eigenvalue weighted by molar-refractivity contribution is 6.03. The molecular formula is C19H17N3O2. The van der Waals surface area contributed by atoms with Gasteiger partial charge in [0.25, 0.3) is 5.91 Å². The summed E-state index contributed by atoms with van der Waals surface area (Å²) in [6.07, 6.45) is 1.57. The minimum Gasteiger partial charge on any atom is -0.497 e. The van der Waals surface area contributed by atoms with Gasteiger partial charge in [-0.05, 0) is 53.6 Å². The Hall–Kier alpha value is -3.21. The summed E-state index contributed by atoms with van der Waals surface area (Å²) in [4.78, 5) is 16.0. The number of fused-ring (bicyclic) bond motifs is 1. The van der Waals surface area contributed by atoms with Gasteiger partial charge in [-0.25, -0.2) is 5.43 Å². The molecule has 0 atom stereocenters. The third-order valence-electron chi connectivity index (χ3n) is 3.69. The summed E-state index contributed by atoms with van der Waals surface area (Å²) in [7, 11) is 1.65. The number of carbonyl (C=O) groups excluding carboxylic acids is 1. The van der Waals surface area contributed by atoms with Crippen molar-refractivity contribution in [2.24, 2.45) is 5.10 Å². The Balaban J connectivity index is 1.80. The number of pyridine rings is 1. The third-order valence-corrected chi connectivity index (χ3v) is 3.69. The van der Waals surface area contributed by atoms with Gasteiger partial charge in [0.05, 0.1) is 12.8 Å². The number of nitrogens with zero attached hydrogens (tertiary/aromatic N) is 2. The second-order valence-electron chi connectivity index (χ2n) is 5.28. The van der Waals surface area contributed by atoms with Gasteiger partial charge in [0.15, 0.2) is 0 Å². The molecule has 0 fully saturated rings. The summed E-state index contributed by atoms with van der Waals surface area (Å²) in [5, 5.41) is 6.33. The van der Waals surface area contributed by atoms with Crippen LogP contribution in [0.4, 0.5) is 0 Å². The molecule has 0 spiro atoms. The maximum absolute atomic E-state index is 12.0. The van der Waals surface area contributed by atoms with Crippen LogP contribution in [0.1, 0.15) is 23.0 Å². The molecule has 0 saturated heterocycles. The van der Waals surface area contributed by atoms with Crippen LogP contribution >= 0.6 is 0 Å². The van der Waals surface area contributed by atoms with Gasteiger partial charge in [-0.2, -0.15) is 5.10 Å². The first-order valence-corrected chi connectivity index (χ1v) is 7.51. The molecule has 2 aromatic carbocycles. The van der Waals surface area contributed by atoms with Crippen LogP contribution in [-0.4, -0.2) is 23.7 Å². The van der Waals surface area contributed by atoms with Gasteiger partial charge in [-0.15, -0.1) is 0 Å². The minimum absolute atomic E-state index is 0.333. The van der Waals surface area contributed by atoms with Crippen molar-refractivity contribution in [3.8, 4) is 5.75 Å². The first-order valence-electron chi connectivity index (χ1n) is 7.51. The Kier molecular flexibility index (Phi) is 4.52. The van der Waals surface area contributed by atoms with Crippen molar-refractivity contribution in [3.05, 3.63) is 72.1 Å². The van der Waals surface area contributed by atoms with Crippen molar-refractivity contribution in [1.29, 1.82) is 0 Å². The number of hydrogen-bond acceptors (Lipinski definition) is 4. The van der Waals surface area contributed by atoms with Crippen LogP contribution in [0, 0.1) is 0 Å². The maximum atomic E-state index is 12.0. The first kappa shape index (κ1) is 15.7. The molecule has 0 aliphatic heterocycles. The SMILES string of the molecule is COc1ccc2cc(/C(C)=N\NC(=O)c3ccccn3)ccc2c1. The lowest BCUT2D eigenvalue weighted by molar-refractivity contribution is 0.0950. The lowest BCUT2D eigenvalue weighted by Gasteiger charge is -2.06. The lowest BCUT2D eigenvalue weighted by Crippen LogP contribution is -2.20. The van der Waals surface area contributed by atoms with Gasteiger partial charge in [-0.1, -0.05) is 24.3 Å². The van der Waals surface area contributed by atoms with E-state index in [1.807, 2.05) is 43.3 Å². The van der Waals surface area contributed by atoms with E-state index in [9.17, 15) is 4.79 Å². The van der Waals surface area contributed by atoms with Gasteiger partial charge < -0.3 is 4.74 Å². The highest BCUT2D eigenvalue weighted by atomic mass is 16.5. The first-order chi connectivity index (χ1) is 11.7. The zero-order valence-corrected chi connectivity index (χ0v) is 13.5. The summed E-state index contributed by atoms with van der Waals surface area (Å²) in [6, 6.07) is 17.1. The van der Waals surface area contributed by atoms with Gasteiger partial charge in [0, 0.05) is 6.20 Å². The van der Waals surface area contributed by atoms with Crippen LogP contribution in [0.15, 0.2) is 65.9 Å². The average Bonchev–Trinajstić information content (AvgIpc) is 2.65. The Labute approximate surface area is 140 Å². The molecule has 0 aliphatic rings. The standard InChI is InChI=1S/C19H17N3O2/c1-13(21-22-19(23)18-5-3-4-10-20-18)14-6-7-16-12-17(24-2)9-8-15(16)11-14/h3-12H,1-2H3,(H,22,23)/b21-13-. The fourth-order valence-corrected chi connectivity index (χ4v) is 2.33. The molecule has 5 nitrogen and oxygen atoms in total. The summed E-state index contributed by atoms with van der Waals surface area (Å²) in [5.74, 6) is 0.490. The van der Waals surface area contributed by atoms with E-state index in [-0.39, 0.29) is 5.91 Å². The fourth-order valence-electron chi connectivity index (χ4n) is 2.33. The number of aromatic nitrogens is 1. The van der Waals surface area contributed by atoms with E-state index in [1.165, 1.54) is 0 Å². The van der Waals surface area contributed by atoms with Gasteiger partial charge >= 0.3 is 0 Å². The molecular weight excluding hydrogens is 302 g/mol. The zero-order chi connectivity index (χ0) is 16.9. The number of carbonyl (C=O) groups is 1. The van der Waals surface area contributed by atoms with Crippen LogP contribution in [0.25, 0.3) is 10.8 Å². The normalized spacial score (nSPS) is 11.3. The van der Waals surface area contributed by atoms with Crippen molar-refractivity contribution >= 4 is 22.4 Å². The minimum atomic E-state index is -0.333.